The molecule has 1 fully saturated rings. The molecule has 0 saturated carbocycles. The summed E-state index contributed by atoms with van der Waals surface area (Å²) in [5, 5.41) is 0.205. The number of anilines is 1. The molecule has 0 bridgehead atoms. The highest BCUT2D eigenvalue weighted by atomic mass is 28.4. The van der Waals surface area contributed by atoms with Gasteiger partial charge in [0.25, 0.3) is 0 Å². The Labute approximate surface area is 230 Å². The normalized spacial score (nSPS) is 24.5. The van der Waals surface area contributed by atoms with Crippen LogP contribution in [0.5, 0.6) is 0 Å². The quantitative estimate of drug-likeness (QED) is 0.321. The van der Waals surface area contributed by atoms with Crippen LogP contribution in [0.15, 0.2) is 18.3 Å². The summed E-state index contributed by atoms with van der Waals surface area (Å²) in [4.78, 5) is 4.67. The molecule has 4 atom stereocenters. The fraction of sp³-hybridized carbons (Fsp3) is 0.821. The van der Waals surface area contributed by atoms with Gasteiger partial charge < -0.3 is 23.7 Å². The van der Waals surface area contributed by atoms with Crippen LogP contribution in [-0.2, 0) is 18.0 Å². The number of nitrogen functional groups attached to an aromatic ring is 1. The van der Waals surface area contributed by atoms with Crippen molar-refractivity contribution in [3.63, 3.8) is 0 Å². The number of ether oxygens (including phenoxy) is 1. The van der Waals surface area contributed by atoms with Crippen molar-refractivity contribution >= 4 is 30.6 Å². The largest absolute Gasteiger partial charge is 0.414 e. The van der Waals surface area contributed by atoms with Crippen molar-refractivity contribution in [1.29, 1.82) is 0 Å². The summed E-state index contributed by atoms with van der Waals surface area (Å²) in [6.45, 7) is 34.7. The molecular weight excluding hydrogens is 513 g/mol. The first kappa shape index (κ1) is 32.7. The summed E-state index contributed by atoms with van der Waals surface area (Å²) < 4.78 is 27.9. The molecule has 1 aliphatic heterocycles. The van der Waals surface area contributed by atoms with Crippen molar-refractivity contribution in [2.75, 3.05) is 12.3 Å². The van der Waals surface area contributed by atoms with E-state index in [0.717, 1.165) is 5.69 Å². The minimum atomic E-state index is -2.17. The van der Waals surface area contributed by atoms with Crippen LogP contribution in [0, 0.1) is 0 Å². The van der Waals surface area contributed by atoms with Gasteiger partial charge in [-0.05, 0) is 66.5 Å². The summed E-state index contributed by atoms with van der Waals surface area (Å²) in [6.07, 6.45) is 0.578. The Bertz CT molecular complexity index is 900. The van der Waals surface area contributed by atoms with Gasteiger partial charge in [-0.1, -0.05) is 62.3 Å². The summed E-state index contributed by atoms with van der Waals surface area (Å²) in [5.41, 5.74) is 7.44. The first-order valence-electron chi connectivity index (χ1n) is 13.8. The molecule has 1 saturated heterocycles. The lowest BCUT2D eigenvalue weighted by molar-refractivity contribution is -0.0186. The van der Waals surface area contributed by atoms with Crippen molar-refractivity contribution in [2.24, 2.45) is 0 Å². The highest BCUT2D eigenvalue weighted by Gasteiger charge is 2.55. The molecule has 0 aliphatic carbocycles. The smallest absolute Gasteiger partial charge is 0.192 e. The third-order valence-corrected chi connectivity index (χ3v) is 22.7. The molecule has 1 aromatic heterocycles. The van der Waals surface area contributed by atoms with E-state index in [4.69, 9.17) is 23.7 Å². The Morgan fingerprint density at radius 3 is 1.62 bits per heavy atom. The highest BCUT2D eigenvalue weighted by molar-refractivity contribution is 6.75. The van der Waals surface area contributed by atoms with Crippen LogP contribution >= 0.6 is 0 Å². The first-order chi connectivity index (χ1) is 16.4. The van der Waals surface area contributed by atoms with Gasteiger partial charge in [-0.15, -0.1) is 0 Å². The molecule has 37 heavy (non-hydrogen) atoms. The van der Waals surface area contributed by atoms with E-state index in [2.05, 4.69) is 107 Å². The number of hydrogen-bond donors (Lipinski definition) is 1. The minimum Gasteiger partial charge on any atom is -0.414 e. The number of pyridine rings is 1. The Morgan fingerprint density at radius 2 is 1.22 bits per heavy atom. The standard InChI is InChI=1S/C28H56N2O4Si3/c1-26(2,3)35(10,11)31-19-22-24(33-36(12,13)27(4,5)6)25(34-37(14,15)28(7,8)9)23(32-22)21-17-16-20(29)18-30-21/h16-18,22-25H,19,29H2,1-15H3/t22-,23+,24-,25+/m1/s1. The van der Waals surface area contributed by atoms with E-state index in [-0.39, 0.29) is 39.5 Å². The van der Waals surface area contributed by atoms with Crippen molar-refractivity contribution in [3.05, 3.63) is 24.0 Å². The maximum Gasteiger partial charge on any atom is 0.192 e. The Kier molecular flexibility index (Phi) is 9.52. The van der Waals surface area contributed by atoms with E-state index in [1.54, 1.807) is 6.20 Å². The molecular formula is C28H56N2O4Si3. The zero-order valence-corrected chi connectivity index (χ0v) is 29.4. The number of hydrogen-bond acceptors (Lipinski definition) is 6. The predicted molar refractivity (Wildman–Crippen MR) is 164 cm³/mol. The topological polar surface area (TPSA) is 75.8 Å². The molecule has 0 radical (unpaired) electrons. The van der Waals surface area contributed by atoms with Gasteiger partial charge in [-0.25, -0.2) is 0 Å². The summed E-state index contributed by atoms with van der Waals surface area (Å²) in [5.74, 6) is 0. The minimum absolute atomic E-state index is 0.0450. The average molecular weight is 569 g/mol. The molecule has 0 unspecified atom stereocenters. The second-order valence-electron chi connectivity index (χ2n) is 15.4. The molecule has 9 heteroatoms. The third-order valence-electron chi connectivity index (χ3n) is 9.30. The molecule has 1 aliphatic rings. The van der Waals surface area contributed by atoms with E-state index < -0.39 is 25.0 Å². The molecule has 0 aromatic carbocycles. The lowest BCUT2D eigenvalue weighted by Crippen LogP contribution is -2.54. The van der Waals surface area contributed by atoms with Crippen LogP contribution in [-0.4, -0.2) is 54.9 Å². The Morgan fingerprint density at radius 1 is 0.757 bits per heavy atom. The summed E-state index contributed by atoms with van der Waals surface area (Å²) in [6, 6.07) is 3.85. The molecule has 214 valence electrons. The maximum atomic E-state index is 7.17. The van der Waals surface area contributed by atoms with Crippen LogP contribution in [0.4, 0.5) is 5.69 Å². The van der Waals surface area contributed by atoms with Crippen LogP contribution in [0.2, 0.25) is 54.4 Å². The molecule has 2 heterocycles. The average Bonchev–Trinajstić information content (AvgIpc) is 3.00. The van der Waals surface area contributed by atoms with Gasteiger partial charge in [0, 0.05) is 0 Å². The van der Waals surface area contributed by atoms with Gasteiger partial charge in [-0.3, -0.25) is 4.98 Å². The number of aromatic nitrogens is 1. The lowest BCUT2D eigenvalue weighted by Gasteiger charge is -2.44. The van der Waals surface area contributed by atoms with Crippen molar-refractivity contribution in [2.45, 2.75) is 141 Å². The SMILES string of the molecule is CC(C)(C)[Si](C)(C)OC[C@H]1O[C@@H](c2ccc(N)cn2)[C@H](O[Si](C)(C)C(C)(C)C)[C@@H]1O[Si](C)(C)C(C)(C)C. The predicted octanol–water partition coefficient (Wildman–Crippen LogP) is 7.91. The Balaban J connectivity index is 2.57. The second kappa shape index (κ2) is 10.8. The van der Waals surface area contributed by atoms with Crippen LogP contribution < -0.4 is 5.73 Å². The molecule has 2 N–H and O–H groups in total. The molecule has 0 spiro atoms. The number of nitrogens with zero attached hydrogens (tertiary/aromatic N) is 1. The van der Waals surface area contributed by atoms with Gasteiger partial charge in [0.15, 0.2) is 25.0 Å². The summed E-state index contributed by atoms with van der Waals surface area (Å²) >= 11 is 0. The van der Waals surface area contributed by atoms with E-state index in [0.29, 0.717) is 12.3 Å². The molecule has 1 aromatic rings. The van der Waals surface area contributed by atoms with E-state index in [1.165, 1.54) is 0 Å². The van der Waals surface area contributed by atoms with E-state index in [9.17, 15) is 0 Å². The summed E-state index contributed by atoms with van der Waals surface area (Å²) in [7, 11) is -6.32. The van der Waals surface area contributed by atoms with Gasteiger partial charge in [0.2, 0.25) is 0 Å². The first-order valence-corrected chi connectivity index (χ1v) is 22.5. The number of rotatable bonds is 8. The zero-order valence-electron chi connectivity index (χ0n) is 26.4. The number of nitrogens with two attached hydrogens (primary N) is 1. The molecule has 0 amide bonds. The van der Waals surface area contributed by atoms with Crippen molar-refractivity contribution in [3.8, 4) is 0 Å². The van der Waals surface area contributed by atoms with Crippen molar-refractivity contribution < 1.29 is 18.0 Å². The monoisotopic (exact) mass is 568 g/mol. The molecule has 6 nitrogen and oxygen atoms in total. The maximum absolute atomic E-state index is 7.17. The highest BCUT2D eigenvalue weighted by Crippen LogP contribution is 2.47. The Hall–Kier alpha value is -0.559. The second-order valence-corrected chi connectivity index (χ2v) is 29.7. The van der Waals surface area contributed by atoms with Crippen molar-refractivity contribution in [1.82, 2.24) is 4.98 Å². The van der Waals surface area contributed by atoms with E-state index >= 15 is 0 Å². The van der Waals surface area contributed by atoms with Crippen LogP contribution in [0.25, 0.3) is 0 Å². The van der Waals surface area contributed by atoms with Gasteiger partial charge in [0.05, 0.1) is 24.2 Å². The van der Waals surface area contributed by atoms with Crippen LogP contribution in [0.3, 0.4) is 0 Å². The fourth-order valence-electron chi connectivity index (χ4n) is 3.50. The third kappa shape index (κ3) is 7.55. The zero-order chi connectivity index (χ0) is 28.8. The van der Waals surface area contributed by atoms with Gasteiger partial charge in [-0.2, -0.15) is 0 Å². The van der Waals surface area contributed by atoms with Gasteiger partial charge in [0.1, 0.15) is 24.4 Å². The van der Waals surface area contributed by atoms with E-state index in [1.807, 2.05) is 12.1 Å². The lowest BCUT2D eigenvalue weighted by atomic mass is 10.1. The van der Waals surface area contributed by atoms with Gasteiger partial charge >= 0.3 is 0 Å². The molecule has 2 rings (SSSR count). The van der Waals surface area contributed by atoms with Crippen LogP contribution in [0.1, 0.15) is 74.1 Å². The fourth-order valence-corrected chi connectivity index (χ4v) is 7.12.